The lowest BCUT2D eigenvalue weighted by molar-refractivity contribution is -0.137. The lowest BCUT2D eigenvalue weighted by Gasteiger charge is -2.57. The van der Waals surface area contributed by atoms with E-state index in [4.69, 9.17) is 5.11 Å². The predicted octanol–water partition coefficient (Wildman–Crippen LogP) is 4.22. The van der Waals surface area contributed by atoms with Gasteiger partial charge in [0.2, 0.25) is 0 Å². The molecule has 0 saturated heterocycles. The Kier molecular flexibility index (Phi) is 4.53. The van der Waals surface area contributed by atoms with Gasteiger partial charge in [-0.2, -0.15) is 0 Å². The summed E-state index contributed by atoms with van der Waals surface area (Å²) in [4.78, 5) is 22.9. The summed E-state index contributed by atoms with van der Waals surface area (Å²) in [5.41, 5.74) is 1.42. The number of aliphatic carboxylic acids is 1. The Labute approximate surface area is 166 Å². The van der Waals surface area contributed by atoms with E-state index in [-0.39, 0.29) is 24.5 Å². The summed E-state index contributed by atoms with van der Waals surface area (Å²) >= 11 is 0. The number of ketones is 1. The molecule has 0 radical (unpaired) electrons. The number of carbonyl (C=O) groups excluding carboxylic acids is 1. The van der Waals surface area contributed by atoms with Crippen molar-refractivity contribution < 1.29 is 19.8 Å². The maximum atomic E-state index is 11.9. The highest BCUT2D eigenvalue weighted by molar-refractivity contribution is 5.91. The van der Waals surface area contributed by atoms with Crippen LogP contribution in [0.3, 0.4) is 0 Å². The SMILES string of the molecule is C=C1C[C@@]2(C)[C@@H](C=C[C@@]2(O)C(=C)CCC(=O)O)[C@@H]2CCC3=CC(=O)CC[C@@H]3[C@@H]12. The number of carbonyl (C=O) groups is 2. The van der Waals surface area contributed by atoms with E-state index < -0.39 is 17.0 Å². The number of carboxylic acid groups (broad SMARTS) is 1. The first kappa shape index (κ1) is 19.4. The Morgan fingerprint density at radius 2 is 2.04 bits per heavy atom. The van der Waals surface area contributed by atoms with Crippen LogP contribution in [-0.4, -0.2) is 27.6 Å². The molecular formula is C24H30O4. The molecule has 0 heterocycles. The number of allylic oxidation sites excluding steroid dienone is 4. The summed E-state index contributed by atoms with van der Waals surface area (Å²) < 4.78 is 0. The molecule has 0 bridgehead atoms. The first-order valence-electron chi connectivity index (χ1n) is 10.4. The fraction of sp³-hybridized carbons (Fsp3) is 0.583. The fourth-order valence-electron chi connectivity index (χ4n) is 6.67. The molecule has 4 rings (SSSR count). The van der Waals surface area contributed by atoms with E-state index in [9.17, 15) is 14.7 Å². The molecule has 0 aliphatic heterocycles. The second-order valence-electron chi connectivity index (χ2n) is 9.46. The summed E-state index contributed by atoms with van der Waals surface area (Å²) in [6, 6.07) is 0. The first-order valence-corrected chi connectivity index (χ1v) is 10.4. The molecule has 0 amide bonds. The van der Waals surface area contributed by atoms with E-state index in [0.717, 1.165) is 19.3 Å². The molecule has 6 atom stereocenters. The molecule has 4 nitrogen and oxygen atoms in total. The Morgan fingerprint density at radius 3 is 2.75 bits per heavy atom. The molecule has 4 heteroatoms. The van der Waals surface area contributed by atoms with E-state index in [1.165, 1.54) is 11.1 Å². The molecule has 2 fully saturated rings. The average molecular weight is 383 g/mol. The summed E-state index contributed by atoms with van der Waals surface area (Å²) in [5.74, 6) is 0.769. The molecule has 0 aromatic heterocycles. The number of rotatable bonds is 4. The summed E-state index contributed by atoms with van der Waals surface area (Å²) in [7, 11) is 0. The van der Waals surface area contributed by atoms with Crippen molar-refractivity contribution in [1.82, 2.24) is 0 Å². The van der Waals surface area contributed by atoms with Crippen molar-refractivity contribution in [1.29, 1.82) is 0 Å². The third kappa shape index (κ3) is 2.68. The molecule has 0 aromatic carbocycles. The van der Waals surface area contributed by atoms with Gasteiger partial charge < -0.3 is 10.2 Å². The van der Waals surface area contributed by atoms with Gasteiger partial charge in [-0.1, -0.05) is 43.4 Å². The van der Waals surface area contributed by atoms with Crippen LogP contribution in [-0.2, 0) is 9.59 Å². The minimum absolute atomic E-state index is 0.0208. The first-order chi connectivity index (χ1) is 13.2. The van der Waals surface area contributed by atoms with Gasteiger partial charge in [0.15, 0.2) is 5.78 Å². The zero-order valence-electron chi connectivity index (χ0n) is 16.6. The smallest absolute Gasteiger partial charge is 0.303 e. The average Bonchev–Trinajstić information content (AvgIpc) is 2.91. The van der Waals surface area contributed by atoms with Crippen LogP contribution in [0.15, 0.2) is 48.1 Å². The fourth-order valence-corrected chi connectivity index (χ4v) is 6.67. The van der Waals surface area contributed by atoms with E-state index >= 15 is 0 Å². The van der Waals surface area contributed by atoms with Gasteiger partial charge in [-0.15, -0.1) is 0 Å². The topological polar surface area (TPSA) is 74.6 Å². The predicted molar refractivity (Wildman–Crippen MR) is 107 cm³/mol. The number of hydrogen-bond donors (Lipinski definition) is 2. The van der Waals surface area contributed by atoms with Gasteiger partial charge in [-0.3, -0.25) is 9.59 Å². The van der Waals surface area contributed by atoms with Crippen LogP contribution in [0.4, 0.5) is 0 Å². The molecule has 150 valence electrons. The molecule has 0 unspecified atom stereocenters. The second-order valence-corrected chi connectivity index (χ2v) is 9.46. The number of aliphatic hydroxyl groups is 1. The Bertz CT molecular complexity index is 818. The quantitative estimate of drug-likeness (QED) is 0.714. The number of fused-ring (bicyclic) bond motifs is 5. The largest absolute Gasteiger partial charge is 0.481 e. The molecule has 4 aliphatic carbocycles. The molecule has 2 N–H and O–H groups in total. The Morgan fingerprint density at radius 1 is 1.29 bits per heavy atom. The van der Waals surface area contributed by atoms with E-state index in [1.54, 1.807) is 0 Å². The summed E-state index contributed by atoms with van der Waals surface area (Å²) in [5, 5.41) is 20.7. The number of hydrogen-bond acceptors (Lipinski definition) is 3. The molecular weight excluding hydrogens is 352 g/mol. The van der Waals surface area contributed by atoms with Crippen LogP contribution in [0.1, 0.15) is 51.9 Å². The summed E-state index contributed by atoms with van der Waals surface area (Å²) in [6.45, 7) is 10.6. The van der Waals surface area contributed by atoms with Gasteiger partial charge in [0.05, 0.1) is 0 Å². The Balaban J connectivity index is 1.64. The number of carboxylic acids is 1. The standard InChI is InChI=1S/C24H30O4/c1-14-13-23(3)20(10-11-24(23,28)15(2)4-9-21(26)27)19-7-5-16-12-17(25)6-8-18(16)22(14)19/h10-12,18-20,22,28H,1-2,4-9,13H2,3H3,(H,26,27)/t18-,19-,20-,22+,23-,24+/m0/s1. The van der Waals surface area contributed by atoms with Crippen molar-refractivity contribution in [3.63, 3.8) is 0 Å². The van der Waals surface area contributed by atoms with Crippen molar-refractivity contribution in [3.05, 3.63) is 48.1 Å². The van der Waals surface area contributed by atoms with Crippen molar-refractivity contribution in [2.75, 3.05) is 0 Å². The van der Waals surface area contributed by atoms with Crippen molar-refractivity contribution >= 4 is 11.8 Å². The molecule has 28 heavy (non-hydrogen) atoms. The lowest BCUT2D eigenvalue weighted by Crippen LogP contribution is -2.54. The van der Waals surface area contributed by atoms with Crippen LogP contribution < -0.4 is 0 Å². The monoisotopic (exact) mass is 382 g/mol. The lowest BCUT2D eigenvalue weighted by atomic mass is 9.48. The van der Waals surface area contributed by atoms with Crippen LogP contribution in [0.2, 0.25) is 0 Å². The third-order valence-electron chi connectivity index (χ3n) is 8.04. The maximum Gasteiger partial charge on any atom is 0.303 e. The van der Waals surface area contributed by atoms with E-state index in [2.05, 4.69) is 26.2 Å². The zero-order chi connectivity index (χ0) is 20.3. The summed E-state index contributed by atoms with van der Waals surface area (Å²) in [6.07, 6.45) is 10.3. The van der Waals surface area contributed by atoms with Crippen LogP contribution >= 0.6 is 0 Å². The van der Waals surface area contributed by atoms with Crippen LogP contribution in [0.5, 0.6) is 0 Å². The van der Waals surface area contributed by atoms with Crippen molar-refractivity contribution in [2.24, 2.45) is 29.1 Å². The highest BCUT2D eigenvalue weighted by atomic mass is 16.4. The maximum absolute atomic E-state index is 11.9. The van der Waals surface area contributed by atoms with Gasteiger partial charge in [-0.05, 0) is 67.4 Å². The molecule has 4 aliphatic rings. The van der Waals surface area contributed by atoms with Crippen molar-refractivity contribution in [3.8, 4) is 0 Å². The molecule has 0 spiro atoms. The highest BCUT2D eigenvalue weighted by Gasteiger charge is 2.61. The minimum Gasteiger partial charge on any atom is -0.481 e. The van der Waals surface area contributed by atoms with Crippen LogP contribution in [0.25, 0.3) is 0 Å². The Hall–Kier alpha value is -1.94. The third-order valence-corrected chi connectivity index (χ3v) is 8.04. The van der Waals surface area contributed by atoms with E-state index in [0.29, 0.717) is 36.2 Å². The van der Waals surface area contributed by atoms with Gasteiger partial charge in [0.25, 0.3) is 0 Å². The molecule has 0 aromatic rings. The highest BCUT2D eigenvalue weighted by Crippen LogP contribution is 2.65. The van der Waals surface area contributed by atoms with Gasteiger partial charge >= 0.3 is 5.97 Å². The van der Waals surface area contributed by atoms with Gasteiger partial charge in [0, 0.05) is 18.3 Å². The van der Waals surface area contributed by atoms with E-state index in [1.807, 2.05) is 12.2 Å². The zero-order valence-corrected chi connectivity index (χ0v) is 16.6. The van der Waals surface area contributed by atoms with Crippen molar-refractivity contribution in [2.45, 2.75) is 57.5 Å². The van der Waals surface area contributed by atoms with Crippen LogP contribution in [0, 0.1) is 29.1 Å². The molecule has 2 saturated carbocycles. The van der Waals surface area contributed by atoms with Gasteiger partial charge in [-0.25, -0.2) is 0 Å². The van der Waals surface area contributed by atoms with Gasteiger partial charge in [0.1, 0.15) is 5.60 Å². The minimum atomic E-state index is -1.19. The second kappa shape index (κ2) is 6.55. The normalized spacial score (nSPS) is 41.7.